The van der Waals surface area contributed by atoms with Crippen molar-refractivity contribution < 1.29 is 15.0 Å². The lowest BCUT2D eigenvalue weighted by molar-refractivity contribution is -0.122. The SMILES string of the molecule is C[C@@H]1CN(C(=O)c2cnc3c(O)cccn3c2=O)CC[C@@]1(O)C1CCC1. The third-order valence-corrected chi connectivity index (χ3v) is 6.17. The molecule has 0 unspecified atom stereocenters. The van der Waals surface area contributed by atoms with Crippen LogP contribution in [0.2, 0.25) is 0 Å². The van der Waals surface area contributed by atoms with Gasteiger partial charge in [0.25, 0.3) is 11.5 Å². The zero-order valence-electron chi connectivity index (χ0n) is 14.8. The molecule has 1 aliphatic carbocycles. The maximum absolute atomic E-state index is 12.9. The molecule has 2 aromatic heterocycles. The fourth-order valence-corrected chi connectivity index (χ4v) is 4.25. The summed E-state index contributed by atoms with van der Waals surface area (Å²) in [6, 6.07) is 2.97. The van der Waals surface area contributed by atoms with Crippen molar-refractivity contribution in [2.45, 2.75) is 38.2 Å². The summed E-state index contributed by atoms with van der Waals surface area (Å²) < 4.78 is 1.18. The van der Waals surface area contributed by atoms with Crippen molar-refractivity contribution in [2.75, 3.05) is 13.1 Å². The molecule has 2 aliphatic rings. The summed E-state index contributed by atoms with van der Waals surface area (Å²) in [5.74, 6) is -0.195. The Bertz CT molecular complexity index is 921. The normalized spacial score (nSPS) is 26.7. The smallest absolute Gasteiger partial charge is 0.270 e. The number of piperidine rings is 1. The Morgan fingerprint density at radius 2 is 2.15 bits per heavy atom. The van der Waals surface area contributed by atoms with Crippen molar-refractivity contribution in [1.29, 1.82) is 0 Å². The van der Waals surface area contributed by atoms with Crippen LogP contribution in [0.4, 0.5) is 0 Å². The maximum atomic E-state index is 12.9. The van der Waals surface area contributed by atoms with Crippen LogP contribution in [0.3, 0.4) is 0 Å². The van der Waals surface area contributed by atoms with Gasteiger partial charge in [-0.25, -0.2) is 4.98 Å². The molecule has 2 aromatic rings. The zero-order chi connectivity index (χ0) is 18.5. The largest absolute Gasteiger partial charge is 0.504 e. The lowest BCUT2D eigenvalue weighted by atomic mass is 9.65. The van der Waals surface area contributed by atoms with Crippen LogP contribution in [-0.2, 0) is 0 Å². The molecule has 2 fully saturated rings. The van der Waals surface area contributed by atoms with Gasteiger partial charge in [0.2, 0.25) is 0 Å². The molecule has 138 valence electrons. The predicted molar refractivity (Wildman–Crippen MR) is 95.1 cm³/mol. The minimum atomic E-state index is -0.711. The molecule has 2 atom stereocenters. The summed E-state index contributed by atoms with van der Waals surface area (Å²) in [4.78, 5) is 31.2. The number of pyridine rings is 1. The van der Waals surface area contributed by atoms with E-state index in [-0.39, 0.29) is 28.8 Å². The second-order valence-electron chi connectivity index (χ2n) is 7.59. The number of likely N-dealkylation sites (tertiary alicyclic amines) is 1. The van der Waals surface area contributed by atoms with Gasteiger partial charge in [0.1, 0.15) is 5.56 Å². The van der Waals surface area contributed by atoms with Crippen LogP contribution in [0.5, 0.6) is 5.75 Å². The molecule has 1 saturated heterocycles. The van der Waals surface area contributed by atoms with Crippen LogP contribution in [0, 0.1) is 11.8 Å². The average Bonchev–Trinajstić information content (AvgIpc) is 2.56. The lowest BCUT2D eigenvalue weighted by Gasteiger charge is -2.50. The Hall–Kier alpha value is -2.41. The molecule has 1 aliphatic heterocycles. The van der Waals surface area contributed by atoms with Crippen LogP contribution in [0.25, 0.3) is 5.65 Å². The first-order chi connectivity index (χ1) is 12.4. The highest BCUT2D eigenvalue weighted by molar-refractivity contribution is 5.94. The number of carbonyl (C=O) groups excluding carboxylic acids is 1. The van der Waals surface area contributed by atoms with Gasteiger partial charge in [-0.05, 0) is 37.3 Å². The van der Waals surface area contributed by atoms with Crippen molar-refractivity contribution in [3.8, 4) is 5.75 Å². The van der Waals surface area contributed by atoms with Gasteiger partial charge in [-0.3, -0.25) is 14.0 Å². The highest BCUT2D eigenvalue weighted by Gasteiger charge is 2.47. The number of aliphatic hydroxyl groups is 1. The number of carbonyl (C=O) groups is 1. The third-order valence-electron chi connectivity index (χ3n) is 6.17. The fourth-order valence-electron chi connectivity index (χ4n) is 4.25. The molecule has 3 heterocycles. The Kier molecular flexibility index (Phi) is 3.99. The number of rotatable bonds is 2. The molecular weight excluding hydrogens is 334 g/mol. The van der Waals surface area contributed by atoms with Gasteiger partial charge in [0.05, 0.1) is 5.60 Å². The number of fused-ring (bicyclic) bond motifs is 1. The van der Waals surface area contributed by atoms with Gasteiger partial charge in [-0.15, -0.1) is 0 Å². The summed E-state index contributed by atoms with van der Waals surface area (Å²) in [7, 11) is 0. The summed E-state index contributed by atoms with van der Waals surface area (Å²) >= 11 is 0. The molecule has 1 saturated carbocycles. The van der Waals surface area contributed by atoms with E-state index in [2.05, 4.69) is 4.98 Å². The number of amides is 1. The number of aromatic hydroxyl groups is 1. The Labute approximate surface area is 150 Å². The maximum Gasteiger partial charge on any atom is 0.270 e. The van der Waals surface area contributed by atoms with Crippen LogP contribution in [0.1, 0.15) is 43.0 Å². The molecule has 4 rings (SSSR count). The summed E-state index contributed by atoms with van der Waals surface area (Å²) in [6.07, 6.45) is 6.51. The Balaban J connectivity index is 1.60. The molecule has 0 aromatic carbocycles. The van der Waals surface area contributed by atoms with Gasteiger partial charge in [-0.1, -0.05) is 13.3 Å². The highest BCUT2D eigenvalue weighted by atomic mass is 16.3. The van der Waals surface area contributed by atoms with Gasteiger partial charge in [0, 0.05) is 31.4 Å². The van der Waals surface area contributed by atoms with Crippen molar-refractivity contribution in [3.63, 3.8) is 0 Å². The summed E-state index contributed by atoms with van der Waals surface area (Å²) in [5.41, 5.74) is -1.10. The van der Waals surface area contributed by atoms with Crippen molar-refractivity contribution in [1.82, 2.24) is 14.3 Å². The number of hydrogen-bond donors (Lipinski definition) is 2. The van der Waals surface area contributed by atoms with E-state index in [1.165, 1.54) is 28.9 Å². The fraction of sp³-hybridized carbons (Fsp3) is 0.526. The first kappa shape index (κ1) is 17.0. The van der Waals surface area contributed by atoms with Gasteiger partial charge >= 0.3 is 0 Å². The van der Waals surface area contributed by atoms with Crippen LogP contribution in [0.15, 0.2) is 29.3 Å². The third kappa shape index (κ3) is 2.49. The van der Waals surface area contributed by atoms with E-state index in [9.17, 15) is 19.8 Å². The molecule has 1 amide bonds. The van der Waals surface area contributed by atoms with Crippen molar-refractivity contribution in [2.24, 2.45) is 11.8 Å². The minimum Gasteiger partial charge on any atom is -0.504 e. The zero-order valence-corrected chi connectivity index (χ0v) is 14.8. The predicted octanol–water partition coefficient (Wildman–Crippen LogP) is 1.41. The minimum absolute atomic E-state index is 0.0191. The monoisotopic (exact) mass is 357 g/mol. The number of hydrogen-bond acceptors (Lipinski definition) is 5. The average molecular weight is 357 g/mol. The first-order valence-corrected chi connectivity index (χ1v) is 9.13. The molecule has 7 heteroatoms. The van der Waals surface area contributed by atoms with Gasteiger partial charge in [-0.2, -0.15) is 0 Å². The molecule has 0 spiro atoms. The first-order valence-electron chi connectivity index (χ1n) is 9.13. The topological polar surface area (TPSA) is 95.1 Å². The van der Waals surface area contributed by atoms with Crippen molar-refractivity contribution in [3.05, 3.63) is 40.4 Å². The molecule has 0 bridgehead atoms. The van der Waals surface area contributed by atoms with E-state index in [1.54, 1.807) is 4.90 Å². The van der Waals surface area contributed by atoms with E-state index in [4.69, 9.17) is 0 Å². The highest BCUT2D eigenvalue weighted by Crippen LogP contribution is 2.44. The van der Waals surface area contributed by atoms with E-state index in [0.717, 1.165) is 19.3 Å². The molecule has 2 N–H and O–H groups in total. The van der Waals surface area contributed by atoms with Gasteiger partial charge < -0.3 is 15.1 Å². The quantitative estimate of drug-likeness (QED) is 0.847. The van der Waals surface area contributed by atoms with E-state index < -0.39 is 11.2 Å². The molecule has 26 heavy (non-hydrogen) atoms. The summed E-state index contributed by atoms with van der Waals surface area (Å²) in [5, 5.41) is 20.8. The second kappa shape index (κ2) is 6.09. The van der Waals surface area contributed by atoms with Crippen LogP contribution < -0.4 is 5.56 Å². The Morgan fingerprint density at radius 3 is 2.81 bits per heavy atom. The molecular formula is C19H23N3O4. The standard InChI is InChI=1S/C19H23N3O4/c1-12-11-21(9-7-19(12,26)13-4-2-5-13)17(24)14-10-20-16-15(23)6-3-8-22(16)18(14)25/h3,6,8,10,12-13,23,26H,2,4-5,7,9,11H2,1H3/t12-,19+/m1/s1. The lowest BCUT2D eigenvalue weighted by Crippen LogP contribution is -2.57. The van der Waals surface area contributed by atoms with E-state index >= 15 is 0 Å². The van der Waals surface area contributed by atoms with Gasteiger partial charge in [0.15, 0.2) is 11.4 Å². The van der Waals surface area contributed by atoms with E-state index in [1.807, 2.05) is 6.92 Å². The second-order valence-corrected chi connectivity index (χ2v) is 7.59. The Morgan fingerprint density at radius 1 is 1.38 bits per heavy atom. The molecule has 0 radical (unpaired) electrons. The number of aromatic nitrogens is 2. The van der Waals surface area contributed by atoms with Crippen LogP contribution in [-0.4, -0.2) is 49.1 Å². The van der Waals surface area contributed by atoms with E-state index in [0.29, 0.717) is 25.4 Å². The molecule has 7 nitrogen and oxygen atoms in total. The van der Waals surface area contributed by atoms with Crippen LogP contribution >= 0.6 is 0 Å². The number of nitrogens with zero attached hydrogens (tertiary/aromatic N) is 3. The summed E-state index contributed by atoms with van der Waals surface area (Å²) in [6.45, 7) is 2.83. The van der Waals surface area contributed by atoms with Crippen molar-refractivity contribution >= 4 is 11.6 Å².